The molecule has 1 saturated heterocycles. The van der Waals surface area contributed by atoms with E-state index in [0.29, 0.717) is 30.8 Å². The third kappa shape index (κ3) is 3.17. The van der Waals surface area contributed by atoms with Crippen LogP contribution in [0.25, 0.3) is 0 Å². The van der Waals surface area contributed by atoms with Crippen molar-refractivity contribution in [2.24, 2.45) is 0 Å². The van der Waals surface area contributed by atoms with E-state index in [2.05, 4.69) is 25.2 Å². The maximum Gasteiger partial charge on any atom is 0.240 e. The Bertz CT molecular complexity index is 611. The average molecular weight is 307 g/mol. The van der Waals surface area contributed by atoms with E-state index in [9.17, 15) is 0 Å². The normalized spacial score (nSPS) is 20.6. The summed E-state index contributed by atoms with van der Waals surface area (Å²) in [6.45, 7) is 7.82. The van der Waals surface area contributed by atoms with E-state index in [4.69, 9.17) is 13.8 Å². The van der Waals surface area contributed by atoms with E-state index >= 15 is 0 Å². The monoisotopic (exact) mass is 307 g/mol. The minimum atomic E-state index is -0.156. The lowest BCUT2D eigenvalue weighted by Gasteiger charge is -2.19. The van der Waals surface area contributed by atoms with Gasteiger partial charge in [-0.05, 0) is 33.2 Å². The Labute approximate surface area is 128 Å². The molecule has 0 N–H and O–H groups in total. The van der Waals surface area contributed by atoms with Gasteiger partial charge in [0.15, 0.2) is 11.6 Å². The summed E-state index contributed by atoms with van der Waals surface area (Å²) < 4.78 is 15.9. The molecule has 0 unspecified atom stereocenters. The van der Waals surface area contributed by atoms with Crippen LogP contribution in [0.2, 0.25) is 0 Å². The molecule has 0 amide bonds. The summed E-state index contributed by atoms with van der Waals surface area (Å²) in [5.74, 6) is 2.50. The van der Waals surface area contributed by atoms with Gasteiger partial charge in [-0.15, -0.1) is 0 Å². The first-order chi connectivity index (χ1) is 10.7. The number of rotatable bonds is 6. The fourth-order valence-corrected chi connectivity index (χ4v) is 2.75. The third-order valence-corrected chi connectivity index (χ3v) is 3.81. The summed E-state index contributed by atoms with van der Waals surface area (Å²) in [6.07, 6.45) is 1.95. The Kier molecular flexibility index (Phi) is 4.49. The van der Waals surface area contributed by atoms with Crippen LogP contribution < -0.4 is 0 Å². The number of aryl methyl sites for hydroxylation is 1. The second-order valence-electron chi connectivity index (χ2n) is 5.44. The van der Waals surface area contributed by atoms with Crippen molar-refractivity contribution in [3.05, 3.63) is 23.4 Å². The lowest BCUT2D eigenvalue weighted by molar-refractivity contribution is 0.0683. The molecule has 1 fully saturated rings. The van der Waals surface area contributed by atoms with Crippen LogP contribution in [-0.4, -0.2) is 38.3 Å². The fraction of sp³-hybridized carbons (Fsp3) is 0.714. The van der Waals surface area contributed by atoms with Gasteiger partial charge in [0, 0.05) is 13.5 Å². The number of ether oxygens (including phenoxy) is 1. The van der Waals surface area contributed by atoms with E-state index in [0.717, 1.165) is 25.2 Å². The number of aromatic nitrogens is 4. The van der Waals surface area contributed by atoms with Crippen LogP contribution in [0, 0.1) is 6.92 Å². The highest BCUT2D eigenvalue weighted by Crippen LogP contribution is 2.31. The molecule has 0 saturated carbocycles. The van der Waals surface area contributed by atoms with E-state index in [1.807, 2.05) is 13.8 Å². The zero-order chi connectivity index (χ0) is 15.5. The molecule has 120 valence electrons. The van der Waals surface area contributed by atoms with Crippen molar-refractivity contribution < 1.29 is 13.8 Å². The molecule has 8 heteroatoms. The summed E-state index contributed by atoms with van der Waals surface area (Å²) in [5.41, 5.74) is 0. The molecule has 0 radical (unpaired) electrons. The van der Waals surface area contributed by atoms with Gasteiger partial charge < -0.3 is 13.8 Å². The molecule has 22 heavy (non-hydrogen) atoms. The molecular formula is C14H21N5O3. The molecule has 3 heterocycles. The Morgan fingerprint density at radius 1 is 1.32 bits per heavy atom. The van der Waals surface area contributed by atoms with Crippen molar-refractivity contribution in [2.75, 3.05) is 13.2 Å². The van der Waals surface area contributed by atoms with Crippen LogP contribution >= 0.6 is 0 Å². The molecule has 2 atom stereocenters. The van der Waals surface area contributed by atoms with Crippen LogP contribution in [0.15, 0.2) is 9.05 Å². The molecule has 8 nitrogen and oxygen atoms in total. The molecule has 1 aliphatic heterocycles. The largest absolute Gasteiger partial charge is 0.371 e. The molecule has 2 aromatic rings. The van der Waals surface area contributed by atoms with Gasteiger partial charge in [0.1, 0.15) is 6.10 Å². The molecular weight excluding hydrogens is 286 g/mol. The Hall–Kier alpha value is -1.80. The first-order valence-corrected chi connectivity index (χ1v) is 7.65. The molecule has 3 rings (SSSR count). The average Bonchev–Trinajstić information content (AvgIpc) is 3.20. The lowest BCUT2D eigenvalue weighted by Crippen LogP contribution is -2.23. The molecule has 0 aromatic carbocycles. The Balaban J connectivity index is 1.67. The van der Waals surface area contributed by atoms with Crippen LogP contribution in [0.5, 0.6) is 0 Å². The van der Waals surface area contributed by atoms with E-state index in [1.165, 1.54) is 0 Å². The highest BCUT2D eigenvalue weighted by atomic mass is 16.5. The zero-order valence-corrected chi connectivity index (χ0v) is 13.2. The fourth-order valence-electron chi connectivity index (χ4n) is 2.75. The van der Waals surface area contributed by atoms with Gasteiger partial charge in [-0.25, -0.2) is 0 Å². The third-order valence-electron chi connectivity index (χ3n) is 3.81. The number of nitrogens with zero attached hydrogens (tertiary/aromatic N) is 5. The second kappa shape index (κ2) is 6.53. The van der Waals surface area contributed by atoms with Crippen LogP contribution in [0.1, 0.15) is 62.3 Å². The topological polar surface area (TPSA) is 90.3 Å². The second-order valence-corrected chi connectivity index (χ2v) is 5.44. The highest BCUT2D eigenvalue weighted by molar-refractivity contribution is 4.99. The summed E-state index contributed by atoms with van der Waals surface area (Å²) in [5, 5.41) is 8.02. The van der Waals surface area contributed by atoms with Gasteiger partial charge in [-0.1, -0.05) is 10.3 Å². The van der Waals surface area contributed by atoms with Crippen LogP contribution in [0.4, 0.5) is 0 Å². The van der Waals surface area contributed by atoms with Gasteiger partial charge in [0.05, 0.1) is 12.6 Å². The first-order valence-electron chi connectivity index (χ1n) is 7.65. The molecule has 2 aromatic heterocycles. The minimum absolute atomic E-state index is 0.150. The highest BCUT2D eigenvalue weighted by Gasteiger charge is 2.31. The van der Waals surface area contributed by atoms with Crippen LogP contribution in [0.3, 0.4) is 0 Å². The summed E-state index contributed by atoms with van der Waals surface area (Å²) in [6, 6.07) is 0.150. The minimum Gasteiger partial charge on any atom is -0.371 e. The van der Waals surface area contributed by atoms with E-state index in [-0.39, 0.29) is 12.1 Å². The number of likely N-dealkylation sites (tertiary alicyclic amines) is 1. The van der Waals surface area contributed by atoms with Crippen molar-refractivity contribution in [1.29, 1.82) is 0 Å². The van der Waals surface area contributed by atoms with Crippen molar-refractivity contribution in [1.82, 2.24) is 25.2 Å². The van der Waals surface area contributed by atoms with Gasteiger partial charge in [-0.2, -0.15) is 9.97 Å². The van der Waals surface area contributed by atoms with Crippen molar-refractivity contribution >= 4 is 0 Å². The smallest absolute Gasteiger partial charge is 0.240 e. The number of hydrogen-bond donors (Lipinski definition) is 0. The SMILES string of the molecule is CCO[C@@H](C)c1noc(CN2CCC[C@H]2c2noc(C)n2)n1. The maximum atomic E-state index is 5.47. The molecule has 1 aliphatic rings. The van der Waals surface area contributed by atoms with Crippen LogP contribution in [-0.2, 0) is 11.3 Å². The predicted octanol–water partition coefficient (Wildman–Crippen LogP) is 2.20. The van der Waals surface area contributed by atoms with Gasteiger partial charge in [-0.3, -0.25) is 4.90 Å². The lowest BCUT2D eigenvalue weighted by atomic mass is 10.2. The Morgan fingerprint density at radius 2 is 2.18 bits per heavy atom. The summed E-state index contributed by atoms with van der Waals surface area (Å²) in [7, 11) is 0. The van der Waals surface area contributed by atoms with E-state index < -0.39 is 0 Å². The Morgan fingerprint density at radius 3 is 2.91 bits per heavy atom. The summed E-state index contributed by atoms with van der Waals surface area (Å²) in [4.78, 5) is 11.0. The first kappa shape index (κ1) is 15.1. The summed E-state index contributed by atoms with van der Waals surface area (Å²) >= 11 is 0. The zero-order valence-electron chi connectivity index (χ0n) is 13.2. The van der Waals surface area contributed by atoms with Gasteiger partial charge in [0.25, 0.3) is 0 Å². The maximum absolute atomic E-state index is 5.47. The molecule has 0 spiro atoms. The molecule has 0 aliphatic carbocycles. The van der Waals surface area contributed by atoms with Gasteiger partial charge in [0.2, 0.25) is 11.8 Å². The quantitative estimate of drug-likeness (QED) is 0.802. The standard InChI is InChI=1S/C14H21N5O3/c1-4-20-9(2)13-16-12(22-17-13)8-19-7-5-6-11(19)14-15-10(3)21-18-14/h9,11H,4-8H2,1-3H3/t9-,11-/m0/s1. The number of hydrogen-bond acceptors (Lipinski definition) is 8. The molecule has 0 bridgehead atoms. The van der Waals surface area contributed by atoms with E-state index in [1.54, 1.807) is 6.92 Å². The van der Waals surface area contributed by atoms with Crippen molar-refractivity contribution in [2.45, 2.75) is 52.3 Å². The van der Waals surface area contributed by atoms with Gasteiger partial charge >= 0.3 is 0 Å². The van der Waals surface area contributed by atoms with Crippen molar-refractivity contribution in [3.8, 4) is 0 Å². The predicted molar refractivity (Wildman–Crippen MR) is 75.8 cm³/mol. The van der Waals surface area contributed by atoms with Crippen molar-refractivity contribution in [3.63, 3.8) is 0 Å².